The molecule has 0 aliphatic heterocycles. The van der Waals surface area contributed by atoms with Gasteiger partial charge in [-0.25, -0.2) is 4.98 Å². The van der Waals surface area contributed by atoms with Crippen LogP contribution in [0, 0.1) is 6.92 Å². The Bertz CT molecular complexity index is 937. The minimum absolute atomic E-state index is 0.0592. The minimum Gasteiger partial charge on any atom is -0.466 e. The molecule has 1 unspecified atom stereocenters. The Hall–Kier alpha value is -2.16. The van der Waals surface area contributed by atoms with E-state index in [9.17, 15) is 9.59 Å². The third-order valence-electron chi connectivity index (χ3n) is 4.03. The normalized spacial score (nSPS) is 11.8. The van der Waals surface area contributed by atoms with Crippen molar-refractivity contribution in [3.63, 3.8) is 0 Å². The molecule has 0 fully saturated rings. The third kappa shape index (κ3) is 6.42. The van der Waals surface area contributed by atoms with Crippen molar-refractivity contribution in [2.75, 3.05) is 12.4 Å². The van der Waals surface area contributed by atoms with Crippen LogP contribution in [0.1, 0.15) is 34.7 Å². The second kappa shape index (κ2) is 10.6. The summed E-state index contributed by atoms with van der Waals surface area (Å²) < 4.78 is 5.70. The number of aryl methyl sites for hydroxylation is 1. The first-order valence-corrected chi connectivity index (χ1v) is 11.9. The number of nitrogens with one attached hydrogen (secondary N) is 1. The van der Waals surface area contributed by atoms with Crippen molar-refractivity contribution in [2.45, 2.75) is 30.6 Å². The summed E-state index contributed by atoms with van der Waals surface area (Å²) in [5.74, 6) is -0.0831. The molecule has 0 aliphatic carbocycles. The molecule has 3 rings (SSSR count). The average Bonchev–Trinajstić information content (AvgIpc) is 3.38. The summed E-state index contributed by atoms with van der Waals surface area (Å²) >= 11 is 4.43. The number of thiophene rings is 1. The third-order valence-corrected chi connectivity index (χ3v) is 7.04. The minimum atomic E-state index is -0.288. The van der Waals surface area contributed by atoms with E-state index < -0.39 is 0 Å². The number of amides is 1. The van der Waals surface area contributed by atoms with Crippen LogP contribution in [-0.2, 0) is 20.7 Å². The van der Waals surface area contributed by atoms with Gasteiger partial charge in [0.15, 0.2) is 4.34 Å². The number of hydrogen-bond acceptors (Lipinski definition) is 7. The van der Waals surface area contributed by atoms with Crippen molar-refractivity contribution >= 4 is 46.3 Å². The molecule has 0 aliphatic rings. The van der Waals surface area contributed by atoms with Crippen molar-refractivity contribution in [1.82, 2.24) is 10.3 Å². The van der Waals surface area contributed by atoms with Crippen molar-refractivity contribution in [2.24, 2.45) is 0 Å². The van der Waals surface area contributed by atoms with Crippen LogP contribution in [0.15, 0.2) is 51.5 Å². The lowest BCUT2D eigenvalue weighted by molar-refractivity contribution is -0.142. The number of ether oxygens (including phenoxy) is 1. The second-order valence-corrected chi connectivity index (χ2v) is 9.36. The number of benzene rings is 1. The van der Waals surface area contributed by atoms with Gasteiger partial charge >= 0.3 is 5.97 Å². The molecule has 1 N–H and O–H groups in total. The van der Waals surface area contributed by atoms with Gasteiger partial charge in [-0.05, 0) is 30.9 Å². The fourth-order valence-electron chi connectivity index (χ4n) is 2.66. The molecule has 2 aromatic heterocycles. The fourth-order valence-corrected chi connectivity index (χ4v) is 5.12. The molecular weight excluding hydrogens is 424 g/mol. The Morgan fingerprint density at radius 2 is 2.00 bits per heavy atom. The largest absolute Gasteiger partial charge is 0.466 e. The standard InChI is InChI=1S/C21H22N2O3S3/c1-3-26-19(25)11-16-12-28-21(22-16)29-13-18(24)23-20(17-5-4-10-27-17)15-8-6-14(2)7-9-15/h4-10,12,20H,3,11,13H2,1-2H3,(H,23,24). The van der Waals surface area contributed by atoms with E-state index in [0.29, 0.717) is 12.3 Å². The lowest BCUT2D eigenvalue weighted by Gasteiger charge is -2.18. The van der Waals surface area contributed by atoms with E-state index in [1.54, 1.807) is 18.3 Å². The Kier molecular flexibility index (Phi) is 7.85. The predicted octanol–water partition coefficient (Wildman–Crippen LogP) is 4.62. The SMILES string of the molecule is CCOC(=O)Cc1csc(SCC(=O)NC(c2ccc(C)cc2)c2cccs2)n1. The average molecular weight is 447 g/mol. The molecule has 1 atom stereocenters. The highest BCUT2D eigenvalue weighted by Gasteiger charge is 2.18. The first-order chi connectivity index (χ1) is 14.0. The van der Waals surface area contributed by atoms with Gasteiger partial charge in [0.1, 0.15) is 0 Å². The highest BCUT2D eigenvalue weighted by Crippen LogP contribution is 2.27. The number of carbonyl (C=O) groups is 2. The summed E-state index contributed by atoms with van der Waals surface area (Å²) in [5.41, 5.74) is 2.91. The van der Waals surface area contributed by atoms with Crippen molar-refractivity contribution in [3.05, 3.63) is 68.9 Å². The van der Waals surface area contributed by atoms with E-state index in [1.165, 1.54) is 28.7 Å². The van der Waals surface area contributed by atoms with Gasteiger partial charge < -0.3 is 10.1 Å². The van der Waals surface area contributed by atoms with Crippen LogP contribution < -0.4 is 5.32 Å². The van der Waals surface area contributed by atoms with Gasteiger partial charge in [0.05, 0.1) is 30.5 Å². The molecule has 0 saturated heterocycles. The molecular formula is C21H22N2O3S3. The highest BCUT2D eigenvalue weighted by molar-refractivity contribution is 8.01. The van der Waals surface area contributed by atoms with Gasteiger partial charge in [0, 0.05) is 10.3 Å². The number of esters is 1. The van der Waals surface area contributed by atoms with Gasteiger partial charge in [0.25, 0.3) is 0 Å². The summed E-state index contributed by atoms with van der Waals surface area (Å²) in [6, 6.07) is 12.1. The van der Waals surface area contributed by atoms with E-state index in [2.05, 4.69) is 34.6 Å². The number of carbonyl (C=O) groups excluding carboxylic acids is 2. The van der Waals surface area contributed by atoms with E-state index >= 15 is 0 Å². The summed E-state index contributed by atoms with van der Waals surface area (Å²) in [4.78, 5) is 29.7. The molecule has 1 amide bonds. The maximum absolute atomic E-state index is 12.6. The van der Waals surface area contributed by atoms with Crippen LogP contribution in [0.25, 0.3) is 0 Å². The summed E-state index contributed by atoms with van der Waals surface area (Å²) in [6.07, 6.45) is 0.158. The van der Waals surface area contributed by atoms with E-state index in [0.717, 1.165) is 14.8 Å². The Morgan fingerprint density at radius 1 is 1.21 bits per heavy atom. The van der Waals surface area contributed by atoms with E-state index in [4.69, 9.17) is 4.74 Å². The number of rotatable bonds is 9. The van der Waals surface area contributed by atoms with Crippen LogP contribution >= 0.6 is 34.4 Å². The Labute approximate surface area is 182 Å². The first kappa shape index (κ1) is 21.5. The fraction of sp³-hybridized carbons (Fsp3) is 0.286. The molecule has 152 valence electrons. The number of aromatic nitrogens is 1. The van der Waals surface area contributed by atoms with Gasteiger partial charge in [-0.1, -0.05) is 47.7 Å². The number of thiazole rings is 1. The van der Waals surface area contributed by atoms with Crippen LogP contribution in [0.4, 0.5) is 0 Å². The Balaban J connectivity index is 1.59. The quantitative estimate of drug-likeness (QED) is 0.384. The zero-order valence-electron chi connectivity index (χ0n) is 16.2. The zero-order valence-corrected chi connectivity index (χ0v) is 18.7. The van der Waals surface area contributed by atoms with Crippen LogP contribution in [0.3, 0.4) is 0 Å². The molecule has 2 heterocycles. The molecule has 0 bridgehead atoms. The maximum Gasteiger partial charge on any atom is 0.311 e. The number of hydrogen-bond donors (Lipinski definition) is 1. The van der Waals surface area contributed by atoms with Crippen LogP contribution in [0.2, 0.25) is 0 Å². The van der Waals surface area contributed by atoms with E-state index in [1.807, 2.05) is 29.8 Å². The lowest BCUT2D eigenvalue weighted by Crippen LogP contribution is -2.30. The predicted molar refractivity (Wildman–Crippen MR) is 119 cm³/mol. The molecule has 1 aromatic carbocycles. The Morgan fingerprint density at radius 3 is 2.69 bits per heavy atom. The maximum atomic E-state index is 12.6. The topological polar surface area (TPSA) is 68.3 Å². The summed E-state index contributed by atoms with van der Waals surface area (Å²) in [5, 5.41) is 6.98. The lowest BCUT2D eigenvalue weighted by atomic mass is 10.0. The van der Waals surface area contributed by atoms with Crippen molar-refractivity contribution in [3.8, 4) is 0 Å². The van der Waals surface area contributed by atoms with E-state index in [-0.39, 0.29) is 30.1 Å². The number of nitrogens with zero attached hydrogens (tertiary/aromatic N) is 1. The zero-order chi connectivity index (χ0) is 20.6. The van der Waals surface area contributed by atoms with Gasteiger partial charge in [-0.2, -0.15) is 0 Å². The molecule has 0 spiro atoms. The molecule has 3 aromatic rings. The highest BCUT2D eigenvalue weighted by atomic mass is 32.2. The van der Waals surface area contributed by atoms with Gasteiger partial charge in [-0.3, -0.25) is 9.59 Å². The molecule has 29 heavy (non-hydrogen) atoms. The van der Waals surface area contributed by atoms with Gasteiger partial charge in [-0.15, -0.1) is 22.7 Å². The smallest absolute Gasteiger partial charge is 0.311 e. The molecule has 0 radical (unpaired) electrons. The molecule has 5 nitrogen and oxygen atoms in total. The summed E-state index contributed by atoms with van der Waals surface area (Å²) in [6.45, 7) is 4.18. The van der Waals surface area contributed by atoms with Crippen molar-refractivity contribution in [1.29, 1.82) is 0 Å². The monoisotopic (exact) mass is 446 g/mol. The molecule has 0 saturated carbocycles. The molecule has 8 heteroatoms. The van der Waals surface area contributed by atoms with Crippen molar-refractivity contribution < 1.29 is 14.3 Å². The summed E-state index contributed by atoms with van der Waals surface area (Å²) in [7, 11) is 0. The number of thioether (sulfide) groups is 1. The second-order valence-electron chi connectivity index (χ2n) is 6.30. The van der Waals surface area contributed by atoms with Gasteiger partial charge in [0.2, 0.25) is 5.91 Å². The first-order valence-electron chi connectivity index (χ1n) is 9.17. The van der Waals surface area contributed by atoms with Crippen LogP contribution in [0.5, 0.6) is 0 Å². The van der Waals surface area contributed by atoms with Crippen LogP contribution in [-0.4, -0.2) is 29.2 Å².